The molecule has 0 bridgehead atoms. The summed E-state index contributed by atoms with van der Waals surface area (Å²) in [5.41, 5.74) is 0. The molecule has 0 aromatic heterocycles. The van der Waals surface area contributed by atoms with Gasteiger partial charge in [-0.3, -0.25) is 0 Å². The van der Waals surface area contributed by atoms with Crippen LogP contribution in [0.15, 0.2) is 0 Å². The predicted molar refractivity (Wildman–Crippen MR) is 57.5 cm³/mol. The molecule has 0 aliphatic rings. The highest BCUT2D eigenvalue weighted by molar-refractivity contribution is 6.49. The van der Waals surface area contributed by atoms with Gasteiger partial charge in [0.25, 0.3) is 0 Å². The van der Waals surface area contributed by atoms with Gasteiger partial charge >= 0.3 is 9.05 Å². The normalized spacial score (nSPS) is 14.2. The van der Waals surface area contributed by atoms with E-state index in [1.807, 2.05) is 0 Å². The summed E-state index contributed by atoms with van der Waals surface area (Å²) in [6, 6.07) is 0. The summed E-state index contributed by atoms with van der Waals surface area (Å²) in [7, 11) is -2.83. The molecule has 15 heavy (non-hydrogen) atoms. The molecule has 0 aliphatic heterocycles. The van der Waals surface area contributed by atoms with Gasteiger partial charge in [0.1, 0.15) is 0 Å². The molecule has 0 saturated heterocycles. The Morgan fingerprint density at radius 1 is 1.27 bits per heavy atom. The molecule has 0 aromatic carbocycles. The minimum absolute atomic E-state index is 0.305. The lowest BCUT2D eigenvalue weighted by Gasteiger charge is -2.19. The van der Waals surface area contributed by atoms with E-state index in [4.69, 9.17) is 4.43 Å². The Hall–Kier alpha value is 0.0169. The fraction of sp³-hybridized carbons (Fsp3) is 1.00. The Labute approximate surface area is 92.4 Å². The van der Waals surface area contributed by atoms with Crippen LogP contribution in [0.4, 0.5) is 0 Å². The van der Waals surface area contributed by atoms with Crippen molar-refractivity contribution in [2.45, 2.75) is 39.5 Å². The summed E-state index contributed by atoms with van der Waals surface area (Å²) >= 11 is 0. The van der Waals surface area contributed by atoms with Gasteiger partial charge in [-0.1, -0.05) is 33.1 Å². The molecular formula is C9H22O5Si. The van der Waals surface area contributed by atoms with Crippen molar-refractivity contribution in [3.05, 3.63) is 0 Å². The second-order valence-corrected chi connectivity index (χ2v) is 5.08. The molecule has 0 aliphatic carbocycles. The standard InChI is InChI=1S/C9H22O5Si/c1-4-6-7-9(5-2)8-13-15(10,11)14-12-3/h9-11H,4-8H2,1-3H3. The van der Waals surface area contributed by atoms with Crippen molar-refractivity contribution in [1.29, 1.82) is 0 Å². The lowest BCUT2D eigenvalue weighted by atomic mass is 10.0. The van der Waals surface area contributed by atoms with Crippen LogP contribution in [0.2, 0.25) is 0 Å². The highest BCUT2D eigenvalue weighted by Crippen LogP contribution is 2.14. The molecule has 0 amide bonds. The molecule has 0 spiro atoms. The van der Waals surface area contributed by atoms with Gasteiger partial charge < -0.3 is 14.0 Å². The van der Waals surface area contributed by atoms with Gasteiger partial charge in [0, 0.05) is 6.61 Å². The summed E-state index contributed by atoms with van der Waals surface area (Å²) in [4.78, 5) is 22.6. The van der Waals surface area contributed by atoms with Crippen molar-refractivity contribution in [2.24, 2.45) is 5.92 Å². The zero-order chi connectivity index (χ0) is 11.7. The van der Waals surface area contributed by atoms with Crippen LogP contribution in [-0.2, 0) is 13.9 Å². The molecule has 6 heteroatoms. The summed E-state index contributed by atoms with van der Waals surface area (Å²) in [5.74, 6) is 0.344. The maximum absolute atomic E-state index is 9.21. The first-order valence-corrected chi connectivity index (χ1v) is 7.07. The number of rotatable bonds is 9. The molecule has 0 rings (SSSR count). The van der Waals surface area contributed by atoms with Crippen LogP contribution in [0.1, 0.15) is 39.5 Å². The third kappa shape index (κ3) is 7.89. The zero-order valence-corrected chi connectivity index (χ0v) is 10.7. The molecule has 0 heterocycles. The predicted octanol–water partition coefficient (Wildman–Crippen LogP) is 1.22. The van der Waals surface area contributed by atoms with Gasteiger partial charge in [0.05, 0.1) is 7.11 Å². The minimum atomic E-state index is -4.04. The second kappa shape index (κ2) is 8.20. The number of hydrogen-bond donors (Lipinski definition) is 2. The first kappa shape index (κ1) is 15.0. The molecule has 92 valence electrons. The summed E-state index contributed by atoms with van der Waals surface area (Å²) < 4.78 is 9.18. The van der Waals surface area contributed by atoms with Crippen LogP contribution in [0.3, 0.4) is 0 Å². The van der Waals surface area contributed by atoms with Gasteiger partial charge in [-0.2, -0.15) is 4.58 Å². The van der Waals surface area contributed by atoms with E-state index < -0.39 is 9.05 Å². The van der Waals surface area contributed by atoms with E-state index in [1.165, 1.54) is 7.11 Å². The Morgan fingerprint density at radius 2 is 1.93 bits per heavy atom. The SMILES string of the molecule is CCCCC(CC)CO[Si](O)(O)OOC. The Kier molecular flexibility index (Phi) is 8.21. The van der Waals surface area contributed by atoms with Gasteiger partial charge in [-0.15, -0.1) is 0 Å². The molecular weight excluding hydrogens is 216 g/mol. The van der Waals surface area contributed by atoms with Crippen LogP contribution < -0.4 is 0 Å². The third-order valence-electron chi connectivity index (χ3n) is 2.24. The van der Waals surface area contributed by atoms with E-state index in [-0.39, 0.29) is 0 Å². The fourth-order valence-electron chi connectivity index (χ4n) is 1.26. The topological polar surface area (TPSA) is 68.2 Å². The van der Waals surface area contributed by atoms with Crippen LogP contribution in [0.25, 0.3) is 0 Å². The third-order valence-corrected chi connectivity index (χ3v) is 3.17. The van der Waals surface area contributed by atoms with Crippen LogP contribution >= 0.6 is 0 Å². The number of unbranched alkanes of at least 4 members (excludes halogenated alkanes) is 1. The van der Waals surface area contributed by atoms with E-state index in [2.05, 4.69) is 23.3 Å². The van der Waals surface area contributed by atoms with Crippen molar-refractivity contribution >= 4 is 9.05 Å². The molecule has 0 radical (unpaired) electrons. The smallest absolute Gasteiger partial charge is 0.366 e. The van der Waals surface area contributed by atoms with Crippen LogP contribution in [0.5, 0.6) is 0 Å². The summed E-state index contributed by atoms with van der Waals surface area (Å²) in [5, 5.41) is 0. The molecule has 2 N–H and O–H groups in total. The highest BCUT2D eigenvalue weighted by atomic mass is 28.4. The first-order valence-electron chi connectivity index (χ1n) is 5.36. The summed E-state index contributed by atoms with van der Waals surface area (Å²) in [6.07, 6.45) is 4.24. The Morgan fingerprint density at radius 3 is 2.40 bits per heavy atom. The fourth-order valence-corrected chi connectivity index (χ4v) is 1.98. The van der Waals surface area contributed by atoms with Crippen molar-refractivity contribution < 1.29 is 23.5 Å². The Bertz CT molecular complexity index is 153. The van der Waals surface area contributed by atoms with E-state index in [0.717, 1.165) is 25.7 Å². The van der Waals surface area contributed by atoms with Crippen molar-refractivity contribution in [2.75, 3.05) is 13.7 Å². The summed E-state index contributed by atoms with van der Waals surface area (Å²) in [6.45, 7) is 4.48. The van der Waals surface area contributed by atoms with Gasteiger partial charge in [0.2, 0.25) is 0 Å². The van der Waals surface area contributed by atoms with Gasteiger partial charge in [-0.25, -0.2) is 4.89 Å². The quantitative estimate of drug-likeness (QED) is 0.359. The zero-order valence-electron chi connectivity index (χ0n) is 9.73. The van der Waals surface area contributed by atoms with E-state index in [1.54, 1.807) is 0 Å². The van der Waals surface area contributed by atoms with Crippen molar-refractivity contribution in [1.82, 2.24) is 0 Å². The lowest BCUT2D eigenvalue weighted by molar-refractivity contribution is -0.245. The van der Waals surface area contributed by atoms with Crippen molar-refractivity contribution in [3.8, 4) is 0 Å². The van der Waals surface area contributed by atoms with Crippen LogP contribution in [0, 0.1) is 5.92 Å². The molecule has 1 unspecified atom stereocenters. The largest absolute Gasteiger partial charge is 0.702 e. The number of hydrogen-bond acceptors (Lipinski definition) is 5. The second-order valence-electron chi connectivity index (χ2n) is 3.53. The van der Waals surface area contributed by atoms with E-state index in [0.29, 0.717) is 12.5 Å². The maximum Gasteiger partial charge on any atom is 0.702 e. The molecule has 0 fully saturated rings. The molecule has 0 aromatic rings. The average Bonchev–Trinajstić information content (AvgIpc) is 2.18. The van der Waals surface area contributed by atoms with Gasteiger partial charge in [0.15, 0.2) is 0 Å². The molecule has 5 nitrogen and oxygen atoms in total. The monoisotopic (exact) mass is 238 g/mol. The van der Waals surface area contributed by atoms with Gasteiger partial charge in [-0.05, 0) is 12.3 Å². The maximum atomic E-state index is 9.21. The first-order chi connectivity index (χ1) is 7.05. The Balaban J connectivity index is 3.77. The van der Waals surface area contributed by atoms with E-state index in [9.17, 15) is 9.59 Å². The lowest BCUT2D eigenvalue weighted by Crippen LogP contribution is -2.43. The van der Waals surface area contributed by atoms with Crippen molar-refractivity contribution in [3.63, 3.8) is 0 Å². The van der Waals surface area contributed by atoms with Crippen LogP contribution in [-0.4, -0.2) is 32.4 Å². The average molecular weight is 238 g/mol. The highest BCUT2D eigenvalue weighted by Gasteiger charge is 2.38. The minimum Gasteiger partial charge on any atom is -0.366 e. The van der Waals surface area contributed by atoms with E-state index >= 15 is 0 Å². The molecule has 0 saturated carbocycles. The molecule has 1 atom stereocenters.